The Morgan fingerprint density at radius 2 is 2.36 bits per heavy atom. The van der Waals surface area contributed by atoms with Crippen molar-refractivity contribution in [3.05, 3.63) is 18.0 Å². The van der Waals surface area contributed by atoms with Crippen LogP contribution >= 0.6 is 0 Å². The first kappa shape index (κ1) is 16.1. The van der Waals surface area contributed by atoms with Crippen molar-refractivity contribution in [3.8, 4) is 12.3 Å². The van der Waals surface area contributed by atoms with Crippen LogP contribution in [0.4, 0.5) is 0 Å². The predicted molar refractivity (Wildman–Crippen MR) is 80.8 cm³/mol. The van der Waals surface area contributed by atoms with Gasteiger partial charge in [0.25, 0.3) is 5.91 Å². The van der Waals surface area contributed by atoms with Crippen molar-refractivity contribution in [2.24, 2.45) is 11.8 Å². The minimum absolute atomic E-state index is 0.0172. The highest BCUT2D eigenvalue weighted by atomic mass is 16.5. The van der Waals surface area contributed by atoms with Crippen molar-refractivity contribution in [3.63, 3.8) is 0 Å². The van der Waals surface area contributed by atoms with Crippen molar-refractivity contribution in [1.82, 2.24) is 15.4 Å². The summed E-state index contributed by atoms with van der Waals surface area (Å²) in [7, 11) is 0. The summed E-state index contributed by atoms with van der Waals surface area (Å²) >= 11 is 0. The summed E-state index contributed by atoms with van der Waals surface area (Å²) in [4.78, 5) is 25.9. The standard InChI is InChI=1S/C16H21N3O3/c1-3-7-17-15(20)10-13-6-9-19(11-12(13)4-2)16(21)14-5-8-18-22-14/h1,5,8,12-13H,4,6-7,9-11H2,2H3,(H,17,20)/t12-,13+/m1/s1. The average molecular weight is 303 g/mol. The molecule has 1 aliphatic rings. The van der Waals surface area contributed by atoms with Crippen molar-refractivity contribution in [2.75, 3.05) is 19.6 Å². The van der Waals surface area contributed by atoms with E-state index in [4.69, 9.17) is 10.9 Å². The zero-order valence-electron chi connectivity index (χ0n) is 12.7. The third kappa shape index (κ3) is 3.88. The molecule has 0 bridgehead atoms. The molecule has 0 aliphatic carbocycles. The fourth-order valence-corrected chi connectivity index (χ4v) is 2.94. The molecule has 2 rings (SSSR count). The van der Waals surface area contributed by atoms with E-state index < -0.39 is 0 Å². The van der Waals surface area contributed by atoms with E-state index in [0.29, 0.717) is 25.4 Å². The Morgan fingerprint density at radius 3 is 3.00 bits per heavy atom. The number of aromatic nitrogens is 1. The number of rotatable bonds is 5. The van der Waals surface area contributed by atoms with Gasteiger partial charge in [-0.3, -0.25) is 9.59 Å². The van der Waals surface area contributed by atoms with Gasteiger partial charge in [0.1, 0.15) is 0 Å². The molecule has 6 nitrogen and oxygen atoms in total. The van der Waals surface area contributed by atoms with E-state index in [1.165, 1.54) is 6.20 Å². The molecule has 118 valence electrons. The van der Waals surface area contributed by atoms with Gasteiger partial charge in [-0.05, 0) is 18.3 Å². The zero-order chi connectivity index (χ0) is 15.9. The zero-order valence-corrected chi connectivity index (χ0v) is 12.7. The fourth-order valence-electron chi connectivity index (χ4n) is 2.94. The molecule has 0 radical (unpaired) electrons. The summed E-state index contributed by atoms with van der Waals surface area (Å²) in [5.41, 5.74) is 0. The number of nitrogens with zero attached hydrogens (tertiary/aromatic N) is 2. The molecule has 1 aromatic heterocycles. The van der Waals surface area contributed by atoms with Gasteiger partial charge < -0.3 is 14.7 Å². The Labute approximate surface area is 130 Å². The largest absolute Gasteiger partial charge is 0.351 e. The number of likely N-dealkylation sites (tertiary alicyclic amines) is 1. The normalized spacial score (nSPS) is 21.2. The van der Waals surface area contributed by atoms with E-state index in [0.717, 1.165) is 12.8 Å². The Bertz CT molecular complexity index is 547. The Kier molecular flexibility index (Phi) is 5.59. The van der Waals surface area contributed by atoms with E-state index in [2.05, 4.69) is 23.3 Å². The summed E-state index contributed by atoms with van der Waals surface area (Å²) < 4.78 is 4.93. The number of hydrogen-bond acceptors (Lipinski definition) is 4. The van der Waals surface area contributed by atoms with Gasteiger partial charge in [-0.1, -0.05) is 24.4 Å². The maximum Gasteiger partial charge on any atom is 0.292 e. The number of piperidine rings is 1. The van der Waals surface area contributed by atoms with Crippen LogP contribution in [0.25, 0.3) is 0 Å². The van der Waals surface area contributed by atoms with Crippen molar-refractivity contribution >= 4 is 11.8 Å². The molecular formula is C16H21N3O3. The number of hydrogen-bond donors (Lipinski definition) is 1. The quantitative estimate of drug-likeness (QED) is 0.832. The molecule has 0 spiro atoms. The van der Waals surface area contributed by atoms with E-state index in [-0.39, 0.29) is 30.0 Å². The van der Waals surface area contributed by atoms with E-state index in [1.807, 2.05) is 0 Å². The maximum absolute atomic E-state index is 12.3. The number of amides is 2. The Morgan fingerprint density at radius 1 is 1.55 bits per heavy atom. The topological polar surface area (TPSA) is 75.4 Å². The lowest BCUT2D eigenvalue weighted by atomic mass is 9.81. The first-order valence-electron chi connectivity index (χ1n) is 7.55. The van der Waals surface area contributed by atoms with Crippen LogP contribution in [0.5, 0.6) is 0 Å². The highest BCUT2D eigenvalue weighted by Gasteiger charge is 2.32. The van der Waals surface area contributed by atoms with Crippen molar-refractivity contribution < 1.29 is 14.1 Å². The van der Waals surface area contributed by atoms with Gasteiger partial charge in [-0.15, -0.1) is 6.42 Å². The summed E-state index contributed by atoms with van der Waals surface area (Å²) in [6.07, 6.45) is 8.80. The molecule has 6 heteroatoms. The average Bonchev–Trinajstić information content (AvgIpc) is 3.07. The molecule has 1 aromatic rings. The lowest BCUT2D eigenvalue weighted by molar-refractivity contribution is -0.122. The molecular weight excluding hydrogens is 282 g/mol. The van der Waals surface area contributed by atoms with Crippen LogP contribution in [0.1, 0.15) is 36.7 Å². The molecule has 22 heavy (non-hydrogen) atoms. The second-order valence-electron chi connectivity index (χ2n) is 5.53. The molecule has 2 amide bonds. The van der Waals surface area contributed by atoms with Crippen LogP contribution in [-0.2, 0) is 4.79 Å². The van der Waals surface area contributed by atoms with Crippen LogP contribution in [-0.4, -0.2) is 41.5 Å². The minimum Gasteiger partial charge on any atom is -0.351 e. The van der Waals surface area contributed by atoms with Crippen LogP contribution in [0.3, 0.4) is 0 Å². The SMILES string of the molecule is C#CCNC(=O)C[C@@H]1CCN(C(=O)c2ccno2)C[C@H]1CC. The smallest absolute Gasteiger partial charge is 0.292 e. The summed E-state index contributed by atoms with van der Waals surface area (Å²) in [6.45, 7) is 3.62. The third-order valence-electron chi connectivity index (χ3n) is 4.19. The van der Waals surface area contributed by atoms with Crippen LogP contribution < -0.4 is 5.32 Å². The summed E-state index contributed by atoms with van der Waals surface area (Å²) in [5, 5.41) is 6.27. The summed E-state index contributed by atoms with van der Waals surface area (Å²) in [5.74, 6) is 3.09. The molecule has 0 aromatic carbocycles. The summed E-state index contributed by atoms with van der Waals surface area (Å²) in [6, 6.07) is 1.57. The monoisotopic (exact) mass is 303 g/mol. The van der Waals surface area contributed by atoms with Gasteiger partial charge in [0.05, 0.1) is 12.7 Å². The maximum atomic E-state index is 12.3. The first-order valence-corrected chi connectivity index (χ1v) is 7.55. The Balaban J connectivity index is 1.92. The van der Waals surface area contributed by atoms with Gasteiger partial charge >= 0.3 is 0 Å². The molecule has 2 heterocycles. The number of terminal acetylenes is 1. The predicted octanol–water partition coefficient (Wildman–Crippen LogP) is 1.30. The van der Waals surface area contributed by atoms with Gasteiger partial charge in [-0.25, -0.2) is 0 Å². The molecule has 0 unspecified atom stereocenters. The molecule has 0 saturated carbocycles. The highest BCUT2D eigenvalue weighted by molar-refractivity contribution is 5.91. The van der Waals surface area contributed by atoms with Gasteiger partial charge in [0.2, 0.25) is 11.7 Å². The number of carbonyl (C=O) groups excluding carboxylic acids is 2. The minimum atomic E-state index is -0.133. The first-order chi connectivity index (χ1) is 10.7. The van der Waals surface area contributed by atoms with Gasteiger partial charge in [0, 0.05) is 25.6 Å². The van der Waals surface area contributed by atoms with E-state index >= 15 is 0 Å². The van der Waals surface area contributed by atoms with Gasteiger partial charge in [-0.2, -0.15) is 0 Å². The highest BCUT2D eigenvalue weighted by Crippen LogP contribution is 2.29. The molecule has 1 saturated heterocycles. The molecule has 1 fully saturated rings. The van der Waals surface area contributed by atoms with Crippen molar-refractivity contribution in [1.29, 1.82) is 0 Å². The lowest BCUT2D eigenvalue weighted by Crippen LogP contribution is -2.44. The number of carbonyl (C=O) groups is 2. The van der Waals surface area contributed by atoms with Crippen molar-refractivity contribution in [2.45, 2.75) is 26.2 Å². The molecule has 1 aliphatic heterocycles. The van der Waals surface area contributed by atoms with Crippen LogP contribution in [0.2, 0.25) is 0 Å². The molecule has 2 atom stereocenters. The number of nitrogens with one attached hydrogen (secondary N) is 1. The van der Waals surface area contributed by atoms with Gasteiger partial charge in [0.15, 0.2) is 0 Å². The fraction of sp³-hybridized carbons (Fsp3) is 0.562. The van der Waals surface area contributed by atoms with E-state index in [1.54, 1.807) is 11.0 Å². The van der Waals surface area contributed by atoms with Crippen LogP contribution in [0, 0.1) is 24.2 Å². The van der Waals surface area contributed by atoms with Crippen LogP contribution in [0.15, 0.2) is 16.8 Å². The Hall–Kier alpha value is -2.29. The second-order valence-corrected chi connectivity index (χ2v) is 5.53. The van der Waals surface area contributed by atoms with E-state index in [9.17, 15) is 9.59 Å². The third-order valence-corrected chi connectivity index (χ3v) is 4.19. The second kappa shape index (κ2) is 7.64. The lowest BCUT2D eigenvalue weighted by Gasteiger charge is -2.37. The molecule has 1 N–H and O–H groups in total.